The third-order valence-corrected chi connectivity index (χ3v) is 2.10. The second-order valence-electron chi connectivity index (χ2n) is 2.79. The van der Waals surface area contributed by atoms with Gasteiger partial charge in [0, 0.05) is 6.20 Å². The molecule has 1 rings (SSSR count). The number of hydrogen-bond donors (Lipinski definition) is 1. The zero-order chi connectivity index (χ0) is 12.0. The number of nitriles is 1. The minimum atomic E-state index is -0.400. The van der Waals surface area contributed by atoms with Crippen LogP contribution in [0.25, 0.3) is 0 Å². The Bertz CT molecular complexity index is 429. The number of hydrogen-bond acceptors (Lipinski definition) is 5. The summed E-state index contributed by atoms with van der Waals surface area (Å²) in [5.74, 6) is -0.100. The van der Waals surface area contributed by atoms with Gasteiger partial charge in [0.25, 0.3) is 0 Å². The van der Waals surface area contributed by atoms with Crippen molar-refractivity contribution in [3.63, 3.8) is 0 Å². The quantitative estimate of drug-likeness (QED) is 0.808. The number of nitrogens with one attached hydrogen (secondary N) is 1. The van der Waals surface area contributed by atoms with E-state index < -0.39 is 5.97 Å². The summed E-state index contributed by atoms with van der Waals surface area (Å²) in [4.78, 5) is 15.0. The predicted molar refractivity (Wildman–Crippen MR) is 59.1 cm³/mol. The Morgan fingerprint density at radius 2 is 2.50 bits per heavy atom. The molecule has 5 nitrogen and oxygen atoms in total. The molecule has 0 amide bonds. The van der Waals surface area contributed by atoms with Crippen molar-refractivity contribution in [2.45, 2.75) is 6.92 Å². The highest BCUT2D eigenvalue weighted by atomic mass is 35.5. The fourth-order valence-corrected chi connectivity index (χ4v) is 1.24. The number of anilines is 1. The first-order valence-electron chi connectivity index (χ1n) is 4.63. The number of esters is 1. The molecule has 1 N–H and O–H groups in total. The van der Waals surface area contributed by atoms with Gasteiger partial charge in [-0.2, -0.15) is 5.26 Å². The number of nitrogens with zero attached hydrogens (tertiary/aromatic N) is 2. The van der Waals surface area contributed by atoms with Crippen molar-refractivity contribution in [2.24, 2.45) is 0 Å². The maximum atomic E-state index is 11.1. The Morgan fingerprint density at radius 3 is 3.12 bits per heavy atom. The minimum Gasteiger partial charge on any atom is -0.465 e. The van der Waals surface area contributed by atoms with Gasteiger partial charge in [-0.1, -0.05) is 11.6 Å². The molecule has 0 saturated carbocycles. The Balaban J connectivity index is 2.68. The second-order valence-corrected chi connectivity index (χ2v) is 3.17. The van der Waals surface area contributed by atoms with Crippen molar-refractivity contribution in [3.8, 4) is 6.07 Å². The molecule has 0 saturated heterocycles. The van der Waals surface area contributed by atoms with E-state index >= 15 is 0 Å². The molecule has 84 valence electrons. The van der Waals surface area contributed by atoms with E-state index in [1.807, 2.05) is 6.07 Å². The predicted octanol–water partition coefficient (Wildman–Crippen LogP) is 1.58. The van der Waals surface area contributed by atoms with E-state index in [1.165, 1.54) is 12.3 Å². The van der Waals surface area contributed by atoms with Crippen LogP contribution >= 0.6 is 11.6 Å². The summed E-state index contributed by atoms with van der Waals surface area (Å²) in [6, 6.07) is 3.42. The molecule has 0 radical (unpaired) electrons. The van der Waals surface area contributed by atoms with Gasteiger partial charge in [0.05, 0.1) is 12.2 Å². The third-order valence-electron chi connectivity index (χ3n) is 1.72. The van der Waals surface area contributed by atoms with Gasteiger partial charge in [0.1, 0.15) is 23.5 Å². The van der Waals surface area contributed by atoms with E-state index in [2.05, 4.69) is 10.3 Å². The van der Waals surface area contributed by atoms with Crippen LogP contribution in [0.4, 0.5) is 5.82 Å². The van der Waals surface area contributed by atoms with Crippen LogP contribution in [0.1, 0.15) is 12.5 Å². The molecule has 0 aromatic carbocycles. The van der Waals surface area contributed by atoms with Gasteiger partial charge in [-0.3, -0.25) is 4.79 Å². The number of ether oxygens (including phenoxy) is 1. The summed E-state index contributed by atoms with van der Waals surface area (Å²) < 4.78 is 4.72. The molecule has 0 unspecified atom stereocenters. The lowest BCUT2D eigenvalue weighted by Crippen LogP contribution is -2.17. The summed E-state index contributed by atoms with van der Waals surface area (Å²) in [5, 5.41) is 11.6. The van der Waals surface area contributed by atoms with Crippen molar-refractivity contribution >= 4 is 23.4 Å². The second kappa shape index (κ2) is 5.93. The Hall–Kier alpha value is -1.80. The molecule has 0 aliphatic rings. The summed E-state index contributed by atoms with van der Waals surface area (Å²) in [6.07, 6.45) is 1.44. The maximum absolute atomic E-state index is 11.1. The smallest absolute Gasteiger partial charge is 0.325 e. The zero-order valence-electron chi connectivity index (χ0n) is 8.66. The molecule has 0 atom stereocenters. The molecule has 1 aromatic rings. The maximum Gasteiger partial charge on any atom is 0.325 e. The Morgan fingerprint density at radius 1 is 1.75 bits per heavy atom. The third kappa shape index (κ3) is 3.11. The first-order chi connectivity index (χ1) is 7.69. The lowest BCUT2D eigenvalue weighted by molar-refractivity contribution is -0.140. The highest BCUT2D eigenvalue weighted by molar-refractivity contribution is 6.34. The summed E-state index contributed by atoms with van der Waals surface area (Å²) in [6.45, 7) is 2.01. The largest absolute Gasteiger partial charge is 0.465 e. The molecule has 0 spiro atoms. The highest BCUT2D eigenvalue weighted by Gasteiger charge is 2.08. The number of halogens is 1. The first-order valence-corrected chi connectivity index (χ1v) is 5.01. The van der Waals surface area contributed by atoms with Crippen LogP contribution in [0.2, 0.25) is 5.02 Å². The number of aromatic nitrogens is 1. The van der Waals surface area contributed by atoms with Crippen LogP contribution in [0.5, 0.6) is 0 Å². The van der Waals surface area contributed by atoms with Crippen LogP contribution < -0.4 is 5.32 Å². The molecular weight excluding hydrogens is 230 g/mol. The van der Waals surface area contributed by atoms with E-state index in [4.69, 9.17) is 21.6 Å². The van der Waals surface area contributed by atoms with Crippen LogP contribution in [0.15, 0.2) is 12.3 Å². The van der Waals surface area contributed by atoms with Gasteiger partial charge < -0.3 is 10.1 Å². The number of carbonyl (C=O) groups is 1. The Kier molecular flexibility index (Phi) is 4.55. The van der Waals surface area contributed by atoms with Gasteiger partial charge in [0.2, 0.25) is 0 Å². The summed E-state index contributed by atoms with van der Waals surface area (Å²) in [7, 11) is 0. The van der Waals surface area contributed by atoms with Crippen LogP contribution in [0.3, 0.4) is 0 Å². The van der Waals surface area contributed by atoms with Gasteiger partial charge in [0.15, 0.2) is 0 Å². The molecular formula is C10H10ClN3O2. The highest BCUT2D eigenvalue weighted by Crippen LogP contribution is 2.22. The molecule has 1 aromatic heterocycles. The molecule has 0 fully saturated rings. The fourth-order valence-electron chi connectivity index (χ4n) is 1.02. The van der Waals surface area contributed by atoms with Crippen LogP contribution in [0, 0.1) is 11.3 Å². The topological polar surface area (TPSA) is 75.0 Å². The molecule has 0 aliphatic carbocycles. The SMILES string of the molecule is CCOC(=O)CNc1nccc(C#N)c1Cl. The molecule has 1 heterocycles. The van der Waals surface area contributed by atoms with E-state index in [-0.39, 0.29) is 11.6 Å². The average Bonchev–Trinajstić information content (AvgIpc) is 2.28. The van der Waals surface area contributed by atoms with Gasteiger partial charge in [-0.05, 0) is 13.0 Å². The van der Waals surface area contributed by atoms with Crippen molar-refractivity contribution in [3.05, 3.63) is 22.8 Å². The van der Waals surface area contributed by atoms with Crippen molar-refractivity contribution in [2.75, 3.05) is 18.5 Å². The van der Waals surface area contributed by atoms with Gasteiger partial charge >= 0.3 is 5.97 Å². The zero-order valence-corrected chi connectivity index (χ0v) is 9.41. The van der Waals surface area contributed by atoms with Crippen molar-refractivity contribution in [1.29, 1.82) is 5.26 Å². The number of pyridine rings is 1. The molecule has 0 bridgehead atoms. The van der Waals surface area contributed by atoms with E-state index in [9.17, 15) is 4.79 Å². The summed E-state index contributed by atoms with van der Waals surface area (Å²) in [5.41, 5.74) is 0.308. The van der Waals surface area contributed by atoms with Crippen molar-refractivity contribution in [1.82, 2.24) is 4.98 Å². The molecule has 0 aliphatic heterocycles. The van der Waals surface area contributed by atoms with Crippen LogP contribution in [-0.2, 0) is 9.53 Å². The number of rotatable bonds is 4. The van der Waals surface area contributed by atoms with E-state index in [0.717, 1.165) is 0 Å². The van der Waals surface area contributed by atoms with Gasteiger partial charge in [-0.15, -0.1) is 0 Å². The molecule has 16 heavy (non-hydrogen) atoms. The average molecular weight is 240 g/mol. The van der Waals surface area contributed by atoms with Crippen LogP contribution in [-0.4, -0.2) is 24.1 Å². The normalized spacial score (nSPS) is 9.31. The van der Waals surface area contributed by atoms with Gasteiger partial charge in [-0.25, -0.2) is 4.98 Å². The number of carbonyl (C=O) groups excluding carboxylic acids is 1. The lowest BCUT2D eigenvalue weighted by atomic mass is 10.3. The summed E-state index contributed by atoms with van der Waals surface area (Å²) >= 11 is 5.87. The monoisotopic (exact) mass is 239 g/mol. The fraction of sp³-hybridized carbons (Fsp3) is 0.300. The molecule has 6 heteroatoms. The lowest BCUT2D eigenvalue weighted by Gasteiger charge is -2.07. The standard InChI is InChI=1S/C10H10ClN3O2/c1-2-16-8(15)6-14-10-9(11)7(5-12)3-4-13-10/h3-4H,2,6H2,1H3,(H,13,14). The van der Waals surface area contributed by atoms with E-state index in [1.54, 1.807) is 6.92 Å². The first kappa shape index (κ1) is 12.3. The van der Waals surface area contributed by atoms with Crippen molar-refractivity contribution < 1.29 is 9.53 Å². The minimum absolute atomic E-state index is 0.0323. The van der Waals surface area contributed by atoms with E-state index in [0.29, 0.717) is 18.0 Å². The Labute approximate surface area is 98.0 Å².